The Morgan fingerprint density at radius 2 is 1.73 bits per heavy atom. The molecule has 0 saturated carbocycles. The van der Waals surface area contributed by atoms with Gasteiger partial charge in [-0.15, -0.1) is 0 Å². The van der Waals surface area contributed by atoms with Gasteiger partial charge in [-0.05, 0) is 24.6 Å². The van der Waals surface area contributed by atoms with E-state index >= 15 is 0 Å². The molecule has 0 unspecified atom stereocenters. The van der Waals surface area contributed by atoms with Crippen molar-refractivity contribution >= 4 is 0 Å². The predicted octanol–water partition coefficient (Wildman–Crippen LogP) is 2.18. The molecule has 2 aromatic rings. The molecule has 2 rings (SSSR count). The fourth-order valence-electron chi connectivity index (χ4n) is 0.773. The zero-order valence-electron chi connectivity index (χ0n) is 8.54. The van der Waals surface area contributed by atoms with E-state index in [0.717, 1.165) is 5.56 Å². The van der Waals surface area contributed by atoms with Gasteiger partial charge in [0.1, 0.15) is 0 Å². The molecular weight excluding hydrogens is 317 g/mol. The first-order chi connectivity index (χ1) is 6.79. The summed E-state index contributed by atoms with van der Waals surface area (Å²) < 4.78 is 0. The van der Waals surface area contributed by atoms with E-state index in [2.05, 4.69) is 9.97 Å². The van der Waals surface area contributed by atoms with Crippen LogP contribution in [0, 0.1) is 48.2 Å². The third-order valence-corrected chi connectivity index (χ3v) is 1.46. The van der Waals surface area contributed by atoms with Crippen LogP contribution in [-0.4, -0.2) is 15.1 Å². The van der Waals surface area contributed by atoms with E-state index in [1.165, 1.54) is 0 Å². The first-order valence-electron chi connectivity index (χ1n) is 4.25. The van der Waals surface area contributed by atoms with Crippen LogP contribution < -0.4 is 0 Å². The van der Waals surface area contributed by atoms with E-state index in [9.17, 15) is 0 Å². The SMILES string of the molecule is Cc1ccc(O)nc1.[Pr].c1ccncc1. The maximum atomic E-state index is 8.65. The van der Waals surface area contributed by atoms with Gasteiger partial charge in [0.2, 0.25) is 5.88 Å². The zero-order chi connectivity index (χ0) is 10.2. The third kappa shape index (κ3) is 7.40. The van der Waals surface area contributed by atoms with Crippen LogP contribution in [0.4, 0.5) is 0 Å². The number of hydrogen-bond donors (Lipinski definition) is 1. The Kier molecular flexibility index (Phi) is 8.43. The second-order valence-electron chi connectivity index (χ2n) is 2.72. The molecule has 0 amide bonds. The summed E-state index contributed by atoms with van der Waals surface area (Å²) >= 11 is 0. The third-order valence-electron chi connectivity index (χ3n) is 1.46. The number of aromatic hydroxyl groups is 1. The molecule has 0 spiro atoms. The van der Waals surface area contributed by atoms with Crippen LogP contribution >= 0.6 is 0 Å². The van der Waals surface area contributed by atoms with Crippen LogP contribution in [0.2, 0.25) is 0 Å². The van der Waals surface area contributed by atoms with Crippen LogP contribution in [0.3, 0.4) is 0 Å². The Balaban J connectivity index is 0.000000253. The average Bonchev–Trinajstić information content (AvgIpc) is 2.26. The van der Waals surface area contributed by atoms with Gasteiger partial charge in [-0.2, -0.15) is 0 Å². The first kappa shape index (κ1) is 14.5. The summed E-state index contributed by atoms with van der Waals surface area (Å²) in [5.74, 6) is 0.0793. The molecule has 0 atom stereocenters. The minimum Gasteiger partial charge on any atom is -0.493 e. The van der Waals surface area contributed by atoms with Crippen molar-refractivity contribution in [2.24, 2.45) is 0 Å². The zero-order valence-corrected chi connectivity index (χ0v) is 12.2. The van der Waals surface area contributed by atoms with Gasteiger partial charge in [-0.25, -0.2) is 4.98 Å². The number of rotatable bonds is 0. The van der Waals surface area contributed by atoms with Gasteiger partial charge < -0.3 is 5.11 Å². The molecule has 2 heterocycles. The van der Waals surface area contributed by atoms with Crippen molar-refractivity contribution in [3.05, 3.63) is 54.5 Å². The van der Waals surface area contributed by atoms with Gasteiger partial charge in [0.05, 0.1) is 0 Å². The molecule has 1 radical (unpaired) electrons. The molecule has 0 saturated heterocycles. The Morgan fingerprint density at radius 3 is 2.00 bits per heavy atom. The van der Waals surface area contributed by atoms with Crippen LogP contribution in [0.25, 0.3) is 0 Å². The number of aryl methyl sites for hydroxylation is 1. The largest absolute Gasteiger partial charge is 0.493 e. The predicted molar refractivity (Wildman–Crippen MR) is 54.9 cm³/mol. The Hall–Kier alpha value is -0.536. The number of pyridine rings is 2. The van der Waals surface area contributed by atoms with Crippen LogP contribution in [0.15, 0.2) is 48.9 Å². The van der Waals surface area contributed by atoms with Crippen LogP contribution in [0.5, 0.6) is 5.88 Å². The number of aromatic nitrogens is 2. The number of hydrogen-bond acceptors (Lipinski definition) is 3. The molecule has 0 aromatic carbocycles. The Bertz CT molecular complexity index is 303. The van der Waals surface area contributed by atoms with E-state index in [4.69, 9.17) is 5.11 Å². The summed E-state index contributed by atoms with van der Waals surface area (Å²) in [7, 11) is 0. The van der Waals surface area contributed by atoms with E-state index < -0.39 is 0 Å². The van der Waals surface area contributed by atoms with Gasteiger partial charge in [-0.3, -0.25) is 4.98 Å². The minimum absolute atomic E-state index is 0. The number of nitrogens with zero attached hydrogens (tertiary/aromatic N) is 2. The molecule has 0 aliphatic heterocycles. The minimum atomic E-state index is 0. The first-order valence-corrected chi connectivity index (χ1v) is 4.25. The van der Waals surface area contributed by atoms with Gasteiger partial charge in [-0.1, -0.05) is 12.1 Å². The van der Waals surface area contributed by atoms with Crippen molar-refractivity contribution in [2.75, 3.05) is 0 Å². The molecule has 1 N–H and O–H groups in total. The second-order valence-corrected chi connectivity index (χ2v) is 2.72. The Morgan fingerprint density at radius 1 is 1.07 bits per heavy atom. The molecular formula is C11H12N2OPr. The van der Waals surface area contributed by atoms with Crippen molar-refractivity contribution in [3.63, 3.8) is 0 Å². The molecule has 0 aliphatic rings. The van der Waals surface area contributed by atoms with Crippen molar-refractivity contribution in [1.82, 2.24) is 9.97 Å². The molecule has 3 nitrogen and oxygen atoms in total. The average molecular weight is 329 g/mol. The molecule has 4 heteroatoms. The fourth-order valence-corrected chi connectivity index (χ4v) is 0.773. The normalized spacial score (nSPS) is 8.07. The van der Waals surface area contributed by atoms with Crippen LogP contribution in [-0.2, 0) is 0 Å². The summed E-state index contributed by atoms with van der Waals surface area (Å²) in [6, 6.07) is 9.09. The van der Waals surface area contributed by atoms with E-state index in [1.807, 2.05) is 31.2 Å². The van der Waals surface area contributed by atoms with E-state index in [0.29, 0.717) is 0 Å². The van der Waals surface area contributed by atoms with Crippen molar-refractivity contribution in [3.8, 4) is 5.88 Å². The summed E-state index contributed by atoms with van der Waals surface area (Å²) in [6.07, 6.45) is 5.12. The standard InChI is InChI=1S/C6H7NO.C5H5N.Pr/c1-5-2-3-6(8)7-4-5;1-2-4-6-5-3-1;/h2-4H,1H3,(H,7,8);1-5H;. The molecule has 0 bridgehead atoms. The fraction of sp³-hybridized carbons (Fsp3) is 0.0909. The summed E-state index contributed by atoms with van der Waals surface area (Å²) in [6.45, 7) is 1.92. The second kappa shape index (κ2) is 8.75. The van der Waals surface area contributed by atoms with E-state index in [-0.39, 0.29) is 47.2 Å². The molecule has 0 fully saturated rings. The van der Waals surface area contributed by atoms with E-state index in [1.54, 1.807) is 24.7 Å². The molecule has 75 valence electrons. The molecule has 15 heavy (non-hydrogen) atoms. The quantitative estimate of drug-likeness (QED) is 0.806. The topological polar surface area (TPSA) is 46.0 Å². The monoisotopic (exact) mass is 329 g/mol. The maximum absolute atomic E-state index is 8.65. The Labute approximate surface area is 123 Å². The van der Waals surface area contributed by atoms with Crippen molar-refractivity contribution < 1.29 is 46.4 Å². The summed E-state index contributed by atoms with van der Waals surface area (Å²) in [5.41, 5.74) is 1.06. The smallest absolute Gasteiger partial charge is 0.210 e. The van der Waals surface area contributed by atoms with Crippen molar-refractivity contribution in [1.29, 1.82) is 0 Å². The van der Waals surface area contributed by atoms with Gasteiger partial charge in [0, 0.05) is 65.9 Å². The maximum Gasteiger partial charge on any atom is 0.210 e. The van der Waals surface area contributed by atoms with Gasteiger partial charge in [0.25, 0.3) is 0 Å². The molecule has 0 aliphatic carbocycles. The van der Waals surface area contributed by atoms with Crippen LogP contribution in [0.1, 0.15) is 5.56 Å². The van der Waals surface area contributed by atoms with Gasteiger partial charge >= 0.3 is 0 Å². The summed E-state index contributed by atoms with van der Waals surface area (Å²) in [5, 5.41) is 8.65. The molecule has 2 aromatic heterocycles. The van der Waals surface area contributed by atoms with Gasteiger partial charge in [0.15, 0.2) is 0 Å². The summed E-state index contributed by atoms with van der Waals surface area (Å²) in [4.78, 5) is 7.42. The van der Waals surface area contributed by atoms with Crippen molar-refractivity contribution in [2.45, 2.75) is 6.92 Å².